The second-order valence-corrected chi connectivity index (χ2v) is 6.13. The minimum Gasteiger partial charge on any atom is -0.381 e. The summed E-state index contributed by atoms with van der Waals surface area (Å²) in [5.41, 5.74) is 1.42. The summed E-state index contributed by atoms with van der Waals surface area (Å²) >= 11 is 6.58. The molecule has 1 saturated heterocycles. The van der Waals surface area contributed by atoms with E-state index in [2.05, 4.69) is 54.7 Å². The van der Waals surface area contributed by atoms with Gasteiger partial charge in [0.05, 0.1) is 0 Å². The molecule has 1 fully saturated rings. The molecule has 1 aliphatic heterocycles. The van der Waals surface area contributed by atoms with Gasteiger partial charge in [0, 0.05) is 30.1 Å². The van der Waals surface area contributed by atoms with Crippen molar-refractivity contribution in [1.82, 2.24) is 0 Å². The Labute approximate surface area is 114 Å². The lowest BCUT2D eigenvalue weighted by atomic mass is 10.0. The first-order valence-electron chi connectivity index (χ1n) is 6.25. The molecule has 1 nitrogen and oxygen atoms in total. The van der Waals surface area contributed by atoms with Crippen molar-refractivity contribution < 1.29 is 4.74 Å². The van der Waals surface area contributed by atoms with Crippen LogP contribution in [0.25, 0.3) is 0 Å². The van der Waals surface area contributed by atoms with Crippen LogP contribution in [0.4, 0.5) is 0 Å². The number of ether oxygens (including phenoxy) is 1. The predicted octanol–water partition coefficient (Wildman–Crippen LogP) is 3.61. The van der Waals surface area contributed by atoms with Crippen molar-refractivity contribution in [3.05, 3.63) is 35.9 Å². The van der Waals surface area contributed by atoms with Gasteiger partial charge in [-0.05, 0) is 24.2 Å². The molecule has 1 atom stereocenters. The Morgan fingerprint density at radius 1 is 1.24 bits per heavy atom. The minimum absolute atomic E-state index is 0.576. The van der Waals surface area contributed by atoms with Crippen molar-refractivity contribution in [3.63, 3.8) is 0 Å². The van der Waals surface area contributed by atoms with Crippen LogP contribution in [0.3, 0.4) is 0 Å². The third-order valence-electron chi connectivity index (χ3n) is 3.19. The Balaban J connectivity index is 1.83. The van der Waals surface area contributed by atoms with Gasteiger partial charge in [0.1, 0.15) is 0 Å². The molecule has 17 heavy (non-hydrogen) atoms. The first-order valence-corrected chi connectivity index (χ1v) is 7.93. The standard InChI is InChI=1S/C14H20OS2/c16-10-13(12-4-2-1-3-5-12)11-17-14-6-8-15-9-7-14/h1-5,13-14,16H,6-11H2. The third kappa shape index (κ3) is 4.23. The van der Waals surface area contributed by atoms with Crippen LogP contribution < -0.4 is 0 Å². The molecule has 3 heteroatoms. The minimum atomic E-state index is 0.576. The molecule has 0 spiro atoms. The molecule has 0 aliphatic carbocycles. The number of hydrogen-bond donors (Lipinski definition) is 1. The lowest BCUT2D eigenvalue weighted by molar-refractivity contribution is 0.1000. The molecule has 1 aliphatic rings. The lowest BCUT2D eigenvalue weighted by Crippen LogP contribution is -2.19. The quantitative estimate of drug-likeness (QED) is 0.817. The number of rotatable bonds is 5. The monoisotopic (exact) mass is 268 g/mol. The van der Waals surface area contributed by atoms with Crippen molar-refractivity contribution >= 4 is 24.4 Å². The molecule has 1 unspecified atom stereocenters. The van der Waals surface area contributed by atoms with Crippen LogP contribution in [0, 0.1) is 0 Å². The summed E-state index contributed by atoms with van der Waals surface area (Å²) in [5, 5.41) is 0.787. The fraction of sp³-hybridized carbons (Fsp3) is 0.571. The van der Waals surface area contributed by atoms with E-state index >= 15 is 0 Å². The van der Waals surface area contributed by atoms with E-state index in [4.69, 9.17) is 4.74 Å². The molecule has 0 bridgehead atoms. The van der Waals surface area contributed by atoms with Gasteiger partial charge in [-0.1, -0.05) is 30.3 Å². The van der Waals surface area contributed by atoms with Crippen molar-refractivity contribution in [2.45, 2.75) is 24.0 Å². The van der Waals surface area contributed by atoms with Crippen LogP contribution in [0.2, 0.25) is 0 Å². The highest BCUT2D eigenvalue weighted by atomic mass is 32.2. The van der Waals surface area contributed by atoms with E-state index in [9.17, 15) is 0 Å². The number of thiol groups is 1. The van der Waals surface area contributed by atoms with Crippen LogP contribution in [0.15, 0.2) is 30.3 Å². The molecule has 1 aromatic carbocycles. The third-order valence-corrected chi connectivity index (χ3v) is 5.17. The van der Waals surface area contributed by atoms with Crippen LogP contribution in [0.1, 0.15) is 24.3 Å². The normalized spacial score (nSPS) is 19.1. The molecule has 94 valence electrons. The highest BCUT2D eigenvalue weighted by Crippen LogP contribution is 2.28. The Morgan fingerprint density at radius 2 is 1.94 bits per heavy atom. The fourth-order valence-electron chi connectivity index (χ4n) is 2.07. The molecule has 0 amide bonds. The first kappa shape index (κ1) is 13.3. The lowest BCUT2D eigenvalue weighted by Gasteiger charge is -2.23. The van der Waals surface area contributed by atoms with Gasteiger partial charge in [-0.2, -0.15) is 24.4 Å². The van der Waals surface area contributed by atoms with E-state index in [1.54, 1.807) is 0 Å². The second-order valence-electron chi connectivity index (χ2n) is 4.44. The van der Waals surface area contributed by atoms with Gasteiger partial charge in [0.2, 0.25) is 0 Å². The smallest absolute Gasteiger partial charge is 0.0476 e. The Bertz CT molecular complexity index is 309. The molecule has 0 radical (unpaired) electrons. The van der Waals surface area contributed by atoms with Crippen molar-refractivity contribution in [3.8, 4) is 0 Å². The van der Waals surface area contributed by atoms with E-state index in [0.717, 1.165) is 24.2 Å². The maximum absolute atomic E-state index is 5.39. The van der Waals surface area contributed by atoms with Gasteiger partial charge in [0.15, 0.2) is 0 Å². The van der Waals surface area contributed by atoms with Gasteiger partial charge < -0.3 is 4.74 Å². The molecule has 1 heterocycles. The topological polar surface area (TPSA) is 9.23 Å². The molecule has 0 saturated carbocycles. The largest absolute Gasteiger partial charge is 0.381 e. The second kappa shape index (κ2) is 7.34. The zero-order valence-corrected chi connectivity index (χ0v) is 11.8. The molecular formula is C14H20OS2. The van der Waals surface area contributed by atoms with Crippen molar-refractivity contribution in [2.24, 2.45) is 0 Å². The zero-order chi connectivity index (χ0) is 11.9. The van der Waals surface area contributed by atoms with Crippen LogP contribution in [-0.2, 0) is 4.74 Å². The summed E-state index contributed by atoms with van der Waals surface area (Å²) in [5.74, 6) is 2.69. The van der Waals surface area contributed by atoms with Gasteiger partial charge in [0.25, 0.3) is 0 Å². The van der Waals surface area contributed by atoms with Crippen LogP contribution >= 0.6 is 24.4 Å². The summed E-state index contributed by atoms with van der Waals surface area (Å²) < 4.78 is 5.39. The van der Waals surface area contributed by atoms with Gasteiger partial charge in [-0.15, -0.1) is 0 Å². The molecular weight excluding hydrogens is 248 g/mol. The summed E-state index contributed by atoms with van der Waals surface area (Å²) in [6.07, 6.45) is 2.41. The summed E-state index contributed by atoms with van der Waals surface area (Å²) in [6.45, 7) is 1.88. The number of thioether (sulfide) groups is 1. The summed E-state index contributed by atoms with van der Waals surface area (Å²) in [4.78, 5) is 0. The van der Waals surface area contributed by atoms with E-state index in [1.807, 2.05) is 0 Å². The van der Waals surface area contributed by atoms with E-state index < -0.39 is 0 Å². The van der Waals surface area contributed by atoms with Gasteiger partial charge >= 0.3 is 0 Å². The number of hydrogen-bond acceptors (Lipinski definition) is 3. The SMILES string of the molecule is SCC(CSC1CCOCC1)c1ccccc1. The maximum atomic E-state index is 5.39. The van der Waals surface area contributed by atoms with Gasteiger partial charge in [-0.3, -0.25) is 0 Å². The average molecular weight is 268 g/mol. The van der Waals surface area contributed by atoms with E-state index in [-0.39, 0.29) is 0 Å². The Kier molecular flexibility index (Phi) is 5.75. The summed E-state index contributed by atoms with van der Waals surface area (Å²) in [6, 6.07) is 10.7. The molecule has 1 aromatic rings. The average Bonchev–Trinajstić information content (AvgIpc) is 2.42. The first-order chi connectivity index (χ1) is 8.40. The van der Waals surface area contributed by atoms with Crippen molar-refractivity contribution in [1.29, 1.82) is 0 Å². The zero-order valence-electron chi connectivity index (χ0n) is 10.0. The predicted molar refractivity (Wildman–Crippen MR) is 79.3 cm³/mol. The molecule has 0 N–H and O–H groups in total. The van der Waals surface area contributed by atoms with Crippen LogP contribution in [-0.4, -0.2) is 30.0 Å². The number of benzene rings is 1. The van der Waals surface area contributed by atoms with E-state index in [0.29, 0.717) is 5.92 Å². The Hall–Kier alpha value is -0.120. The van der Waals surface area contributed by atoms with Crippen molar-refractivity contribution in [2.75, 3.05) is 24.7 Å². The molecule has 2 rings (SSSR count). The summed E-state index contributed by atoms with van der Waals surface area (Å²) in [7, 11) is 0. The van der Waals surface area contributed by atoms with Gasteiger partial charge in [-0.25, -0.2) is 0 Å². The maximum Gasteiger partial charge on any atom is 0.0476 e. The fourth-order valence-corrected chi connectivity index (χ4v) is 3.93. The molecule has 0 aromatic heterocycles. The Morgan fingerprint density at radius 3 is 2.59 bits per heavy atom. The van der Waals surface area contributed by atoms with E-state index in [1.165, 1.54) is 24.2 Å². The highest BCUT2D eigenvalue weighted by molar-refractivity contribution is 7.99. The highest BCUT2D eigenvalue weighted by Gasteiger charge is 2.17. The van der Waals surface area contributed by atoms with Crippen LogP contribution in [0.5, 0.6) is 0 Å².